The molecule has 19 heavy (non-hydrogen) atoms. The van der Waals surface area contributed by atoms with Crippen LogP contribution in [-0.4, -0.2) is 24.0 Å². The van der Waals surface area contributed by atoms with Gasteiger partial charge in [0.05, 0.1) is 15.7 Å². The molecule has 1 aromatic carbocycles. The molecule has 1 aliphatic rings. The van der Waals surface area contributed by atoms with Crippen LogP contribution in [0.25, 0.3) is 10.2 Å². The molecule has 0 aliphatic carbocycles. The van der Waals surface area contributed by atoms with Crippen molar-refractivity contribution in [1.82, 2.24) is 10.3 Å². The molecule has 1 aliphatic heterocycles. The second-order valence-electron chi connectivity index (χ2n) is 4.65. The van der Waals surface area contributed by atoms with Crippen molar-refractivity contribution in [3.63, 3.8) is 0 Å². The second kappa shape index (κ2) is 6.32. The number of fused-ring (bicyclic) bond motifs is 1. The van der Waals surface area contributed by atoms with Crippen LogP contribution in [0.15, 0.2) is 23.7 Å². The van der Waals surface area contributed by atoms with E-state index in [0.29, 0.717) is 12.3 Å². The molecule has 0 spiro atoms. The third-order valence-corrected chi connectivity index (χ3v) is 4.06. The number of carbonyl (C=O) groups is 1. The molecule has 4 nitrogen and oxygen atoms in total. The zero-order valence-corrected chi connectivity index (χ0v) is 12.0. The van der Waals surface area contributed by atoms with E-state index in [4.69, 9.17) is 0 Å². The van der Waals surface area contributed by atoms with Gasteiger partial charge in [-0.05, 0) is 43.6 Å². The van der Waals surface area contributed by atoms with Gasteiger partial charge >= 0.3 is 0 Å². The van der Waals surface area contributed by atoms with Crippen molar-refractivity contribution in [3.05, 3.63) is 23.7 Å². The third-order valence-electron chi connectivity index (χ3n) is 3.25. The SMILES string of the molecule is Cl.O=C(CC1CCNC1)Nc1ccc2scnc2c1. The molecule has 102 valence electrons. The largest absolute Gasteiger partial charge is 0.326 e. The van der Waals surface area contributed by atoms with Gasteiger partial charge in [-0.2, -0.15) is 0 Å². The molecule has 1 unspecified atom stereocenters. The lowest BCUT2D eigenvalue weighted by Crippen LogP contribution is -2.18. The average molecular weight is 298 g/mol. The normalized spacial score (nSPS) is 18.2. The van der Waals surface area contributed by atoms with Gasteiger partial charge in [-0.3, -0.25) is 4.79 Å². The molecule has 0 radical (unpaired) electrons. The van der Waals surface area contributed by atoms with Crippen molar-refractivity contribution < 1.29 is 4.79 Å². The molecule has 2 heterocycles. The molecule has 6 heteroatoms. The maximum absolute atomic E-state index is 11.9. The van der Waals surface area contributed by atoms with E-state index in [0.717, 1.165) is 35.4 Å². The van der Waals surface area contributed by atoms with Crippen molar-refractivity contribution in [2.45, 2.75) is 12.8 Å². The lowest BCUT2D eigenvalue weighted by molar-refractivity contribution is -0.116. The van der Waals surface area contributed by atoms with Gasteiger partial charge in [-0.1, -0.05) is 0 Å². The first-order valence-electron chi connectivity index (χ1n) is 6.15. The van der Waals surface area contributed by atoms with E-state index in [1.54, 1.807) is 11.3 Å². The highest BCUT2D eigenvalue weighted by atomic mass is 35.5. The monoisotopic (exact) mass is 297 g/mol. The summed E-state index contributed by atoms with van der Waals surface area (Å²) in [5.41, 5.74) is 3.60. The summed E-state index contributed by atoms with van der Waals surface area (Å²) < 4.78 is 1.15. The number of anilines is 1. The summed E-state index contributed by atoms with van der Waals surface area (Å²) in [6, 6.07) is 5.86. The van der Waals surface area contributed by atoms with Gasteiger partial charge < -0.3 is 10.6 Å². The van der Waals surface area contributed by atoms with E-state index >= 15 is 0 Å². The zero-order chi connectivity index (χ0) is 12.4. The van der Waals surface area contributed by atoms with Crippen LogP contribution in [-0.2, 0) is 4.79 Å². The second-order valence-corrected chi connectivity index (χ2v) is 5.53. The number of amides is 1. The number of aromatic nitrogens is 1. The highest BCUT2D eigenvalue weighted by Crippen LogP contribution is 2.22. The average Bonchev–Trinajstić information content (AvgIpc) is 2.98. The number of thiazole rings is 1. The Morgan fingerprint density at radius 2 is 2.42 bits per heavy atom. The maximum Gasteiger partial charge on any atom is 0.224 e. The summed E-state index contributed by atoms with van der Waals surface area (Å²) >= 11 is 1.61. The first kappa shape index (κ1) is 14.2. The fourth-order valence-electron chi connectivity index (χ4n) is 2.30. The van der Waals surface area contributed by atoms with Gasteiger partial charge in [-0.15, -0.1) is 23.7 Å². The van der Waals surface area contributed by atoms with Crippen molar-refractivity contribution in [2.75, 3.05) is 18.4 Å². The highest BCUT2D eigenvalue weighted by molar-refractivity contribution is 7.16. The molecule has 1 saturated heterocycles. The standard InChI is InChI=1S/C13H15N3OS.ClH/c17-13(5-9-3-4-14-7-9)16-10-1-2-12-11(6-10)15-8-18-12;/h1-2,6,8-9,14H,3-5,7H2,(H,16,17);1H. The summed E-state index contributed by atoms with van der Waals surface area (Å²) in [4.78, 5) is 16.1. The molecular formula is C13H16ClN3OS. The maximum atomic E-state index is 11.9. The number of hydrogen-bond donors (Lipinski definition) is 2. The van der Waals surface area contributed by atoms with Crippen LogP contribution < -0.4 is 10.6 Å². The Hall–Kier alpha value is -1.17. The Morgan fingerprint density at radius 1 is 1.53 bits per heavy atom. The number of nitrogens with one attached hydrogen (secondary N) is 2. The number of carbonyl (C=O) groups excluding carboxylic acids is 1. The highest BCUT2D eigenvalue weighted by Gasteiger charge is 2.18. The van der Waals surface area contributed by atoms with Crippen LogP contribution in [0, 0.1) is 5.92 Å². The molecule has 1 fully saturated rings. The van der Waals surface area contributed by atoms with Crippen LogP contribution in [0.3, 0.4) is 0 Å². The molecular weight excluding hydrogens is 282 g/mol. The van der Waals surface area contributed by atoms with E-state index in [-0.39, 0.29) is 18.3 Å². The number of hydrogen-bond acceptors (Lipinski definition) is 4. The van der Waals surface area contributed by atoms with Crippen LogP contribution in [0.4, 0.5) is 5.69 Å². The summed E-state index contributed by atoms with van der Waals surface area (Å²) in [5, 5.41) is 6.22. The van der Waals surface area contributed by atoms with Crippen molar-refractivity contribution in [3.8, 4) is 0 Å². The molecule has 1 atom stereocenters. The van der Waals surface area contributed by atoms with Crippen molar-refractivity contribution in [1.29, 1.82) is 0 Å². The number of nitrogens with zero attached hydrogens (tertiary/aromatic N) is 1. The van der Waals surface area contributed by atoms with Crippen LogP contribution in [0.1, 0.15) is 12.8 Å². The van der Waals surface area contributed by atoms with E-state index < -0.39 is 0 Å². The van der Waals surface area contributed by atoms with Gasteiger partial charge in [0.15, 0.2) is 0 Å². The number of halogens is 1. The summed E-state index contributed by atoms with van der Waals surface area (Å²) in [6.07, 6.45) is 1.70. The fraction of sp³-hybridized carbons (Fsp3) is 0.385. The van der Waals surface area contributed by atoms with Crippen molar-refractivity contribution >= 4 is 45.6 Å². The first-order valence-corrected chi connectivity index (χ1v) is 7.03. The molecule has 1 amide bonds. The molecule has 3 rings (SSSR count). The minimum atomic E-state index is 0. The Bertz CT molecular complexity index is 566. The predicted octanol–water partition coefficient (Wildman–Crippen LogP) is 2.66. The van der Waals surface area contributed by atoms with Gasteiger partial charge in [0.1, 0.15) is 0 Å². The number of rotatable bonds is 3. The third kappa shape index (κ3) is 3.43. The molecule has 2 N–H and O–H groups in total. The van der Waals surface area contributed by atoms with Gasteiger partial charge in [0.25, 0.3) is 0 Å². The zero-order valence-electron chi connectivity index (χ0n) is 10.4. The Balaban J connectivity index is 0.00000133. The number of benzene rings is 1. The predicted molar refractivity (Wildman–Crippen MR) is 81.1 cm³/mol. The molecule has 0 bridgehead atoms. The molecule has 2 aromatic rings. The van der Waals surface area contributed by atoms with E-state index in [2.05, 4.69) is 15.6 Å². The van der Waals surface area contributed by atoms with Crippen LogP contribution >= 0.6 is 23.7 Å². The van der Waals surface area contributed by atoms with Crippen LogP contribution in [0.5, 0.6) is 0 Å². The van der Waals surface area contributed by atoms with Gasteiger partial charge in [0, 0.05) is 12.1 Å². The van der Waals surface area contributed by atoms with E-state index in [1.807, 2.05) is 23.7 Å². The summed E-state index contributed by atoms with van der Waals surface area (Å²) in [7, 11) is 0. The van der Waals surface area contributed by atoms with Gasteiger partial charge in [0.2, 0.25) is 5.91 Å². The smallest absolute Gasteiger partial charge is 0.224 e. The Kier molecular flexibility index (Phi) is 4.74. The Morgan fingerprint density at radius 3 is 3.21 bits per heavy atom. The minimum absolute atomic E-state index is 0. The Labute approximate surface area is 122 Å². The summed E-state index contributed by atoms with van der Waals surface area (Å²) in [5.74, 6) is 0.575. The first-order chi connectivity index (χ1) is 8.81. The topological polar surface area (TPSA) is 54.0 Å². The van der Waals surface area contributed by atoms with Crippen molar-refractivity contribution in [2.24, 2.45) is 5.92 Å². The quantitative estimate of drug-likeness (QED) is 0.916. The summed E-state index contributed by atoms with van der Waals surface area (Å²) in [6.45, 7) is 1.99. The molecule has 1 aromatic heterocycles. The van der Waals surface area contributed by atoms with Gasteiger partial charge in [-0.25, -0.2) is 4.98 Å². The lowest BCUT2D eigenvalue weighted by Gasteiger charge is -2.09. The lowest BCUT2D eigenvalue weighted by atomic mass is 10.0. The van der Waals surface area contributed by atoms with Crippen LogP contribution in [0.2, 0.25) is 0 Å². The fourth-order valence-corrected chi connectivity index (χ4v) is 2.96. The molecule has 0 saturated carbocycles. The minimum Gasteiger partial charge on any atom is -0.326 e. The van der Waals surface area contributed by atoms with E-state index in [9.17, 15) is 4.79 Å². The van der Waals surface area contributed by atoms with E-state index in [1.165, 1.54) is 0 Å².